The third kappa shape index (κ3) is 3.17. The lowest BCUT2D eigenvalue weighted by Gasteiger charge is -2.33. The first kappa shape index (κ1) is 14.7. The van der Waals surface area contributed by atoms with E-state index >= 15 is 0 Å². The Morgan fingerprint density at radius 2 is 1.81 bits per heavy atom. The molecule has 0 spiro atoms. The fraction of sp³-hybridized carbons (Fsp3) is 0.368. The quantitative estimate of drug-likeness (QED) is 0.852. The number of rotatable bonds is 3. The van der Waals surface area contributed by atoms with Crippen molar-refractivity contribution in [3.05, 3.63) is 65.7 Å². The van der Waals surface area contributed by atoms with Crippen LogP contribution in [0.3, 0.4) is 0 Å². The Kier molecular flexibility index (Phi) is 4.37. The van der Waals surface area contributed by atoms with Gasteiger partial charge < -0.3 is 5.32 Å². The van der Waals surface area contributed by atoms with Crippen molar-refractivity contribution in [3.8, 4) is 0 Å². The van der Waals surface area contributed by atoms with Gasteiger partial charge in [-0.05, 0) is 30.5 Å². The number of hydrogen-bond acceptors (Lipinski definition) is 2. The molecular weight excluding hydrogens is 274 g/mol. The first-order valence-corrected chi connectivity index (χ1v) is 8.75. The zero-order chi connectivity index (χ0) is 14.7. The highest BCUT2D eigenvalue weighted by Gasteiger charge is 2.32. The molecule has 1 nitrogen and oxygen atoms in total. The van der Waals surface area contributed by atoms with Gasteiger partial charge in [-0.1, -0.05) is 61.9 Å². The van der Waals surface area contributed by atoms with Crippen molar-refractivity contribution >= 4 is 11.8 Å². The lowest BCUT2D eigenvalue weighted by atomic mass is 9.92. The van der Waals surface area contributed by atoms with E-state index in [9.17, 15) is 0 Å². The van der Waals surface area contributed by atoms with Crippen LogP contribution in [0.1, 0.15) is 43.9 Å². The van der Waals surface area contributed by atoms with Gasteiger partial charge in [-0.25, -0.2) is 0 Å². The van der Waals surface area contributed by atoms with Crippen molar-refractivity contribution in [2.45, 2.75) is 43.2 Å². The first-order chi connectivity index (χ1) is 10.2. The topological polar surface area (TPSA) is 12.0 Å². The Labute approximate surface area is 132 Å². The second kappa shape index (κ2) is 6.25. The van der Waals surface area contributed by atoms with Crippen molar-refractivity contribution in [2.75, 3.05) is 5.75 Å². The van der Waals surface area contributed by atoms with Gasteiger partial charge in [-0.2, -0.15) is 0 Å². The van der Waals surface area contributed by atoms with E-state index in [1.54, 1.807) is 0 Å². The number of thioether (sulfide) groups is 1. The van der Waals surface area contributed by atoms with Gasteiger partial charge in [0, 0.05) is 16.2 Å². The van der Waals surface area contributed by atoms with Crippen molar-refractivity contribution in [3.63, 3.8) is 0 Å². The second-order valence-corrected chi connectivity index (χ2v) is 7.14. The highest BCUT2D eigenvalue weighted by molar-refractivity contribution is 7.99. The molecule has 2 aromatic carbocycles. The Balaban J connectivity index is 2.04. The van der Waals surface area contributed by atoms with Gasteiger partial charge >= 0.3 is 0 Å². The summed E-state index contributed by atoms with van der Waals surface area (Å²) in [5.41, 5.74) is 2.95. The molecule has 2 aromatic rings. The van der Waals surface area contributed by atoms with Crippen LogP contribution in [0.25, 0.3) is 0 Å². The van der Waals surface area contributed by atoms with E-state index in [4.69, 9.17) is 0 Å². The summed E-state index contributed by atoms with van der Waals surface area (Å²) in [5.74, 6) is 1.13. The maximum absolute atomic E-state index is 3.94. The van der Waals surface area contributed by atoms with Gasteiger partial charge in [-0.3, -0.25) is 0 Å². The second-order valence-electron chi connectivity index (χ2n) is 6.13. The predicted octanol–water partition coefficient (Wildman–Crippen LogP) is 5.03. The first-order valence-electron chi connectivity index (χ1n) is 7.76. The molecule has 1 heterocycles. The van der Waals surface area contributed by atoms with Crippen molar-refractivity contribution in [2.24, 2.45) is 0 Å². The standard InChI is InChI=1S/C19H23NS/c1-3-13-19(2)14-21-17-12-8-7-11-16(17)18(20-19)15-9-5-4-6-10-15/h4-12,18,20H,3,13-14H2,1-2H3/t18-,19-/m0/s1. The van der Waals surface area contributed by atoms with E-state index in [0.717, 1.165) is 5.75 Å². The lowest BCUT2D eigenvalue weighted by molar-refractivity contribution is 0.341. The molecule has 110 valence electrons. The zero-order valence-electron chi connectivity index (χ0n) is 12.8. The molecule has 2 atom stereocenters. The molecule has 21 heavy (non-hydrogen) atoms. The molecule has 0 unspecified atom stereocenters. The van der Waals surface area contributed by atoms with Crippen LogP contribution in [0.2, 0.25) is 0 Å². The molecule has 0 bridgehead atoms. The molecular formula is C19H23NS. The van der Waals surface area contributed by atoms with E-state index in [0.29, 0.717) is 0 Å². The maximum Gasteiger partial charge on any atom is 0.0592 e. The monoisotopic (exact) mass is 297 g/mol. The minimum Gasteiger partial charge on any atom is -0.300 e. The van der Waals surface area contributed by atoms with Gasteiger partial charge in [0.05, 0.1) is 6.04 Å². The summed E-state index contributed by atoms with van der Waals surface area (Å²) >= 11 is 1.99. The molecule has 1 N–H and O–H groups in total. The zero-order valence-corrected chi connectivity index (χ0v) is 13.6. The number of nitrogens with one attached hydrogen (secondary N) is 1. The van der Waals surface area contributed by atoms with Crippen LogP contribution in [0.4, 0.5) is 0 Å². The van der Waals surface area contributed by atoms with E-state index in [2.05, 4.69) is 73.8 Å². The number of benzene rings is 2. The Morgan fingerprint density at radius 1 is 1.10 bits per heavy atom. The Hall–Kier alpha value is -1.25. The molecule has 2 heteroatoms. The minimum absolute atomic E-state index is 0.180. The lowest BCUT2D eigenvalue weighted by Crippen LogP contribution is -2.45. The summed E-state index contributed by atoms with van der Waals surface area (Å²) in [6.07, 6.45) is 2.42. The molecule has 0 aromatic heterocycles. The molecule has 0 radical (unpaired) electrons. The third-order valence-corrected chi connectivity index (χ3v) is 5.67. The molecule has 0 saturated heterocycles. The van der Waals surface area contributed by atoms with Crippen LogP contribution in [-0.4, -0.2) is 11.3 Å². The molecule has 1 aliphatic heterocycles. The minimum atomic E-state index is 0.180. The number of hydrogen-bond donors (Lipinski definition) is 1. The van der Waals surface area contributed by atoms with E-state index < -0.39 is 0 Å². The van der Waals surface area contributed by atoms with E-state index in [-0.39, 0.29) is 11.6 Å². The summed E-state index contributed by atoms with van der Waals surface area (Å²) in [6.45, 7) is 4.64. The SMILES string of the molecule is CCC[C@@]1(C)CSc2ccccc2[C@H](c2ccccc2)N1. The van der Waals surface area contributed by atoms with E-state index in [1.807, 2.05) is 11.8 Å². The Morgan fingerprint density at radius 3 is 2.57 bits per heavy atom. The summed E-state index contributed by atoms with van der Waals surface area (Å²) < 4.78 is 0. The van der Waals surface area contributed by atoms with Crippen molar-refractivity contribution in [1.29, 1.82) is 0 Å². The van der Waals surface area contributed by atoms with Crippen LogP contribution in [0.15, 0.2) is 59.5 Å². The smallest absolute Gasteiger partial charge is 0.0592 e. The molecule has 0 fully saturated rings. The normalized spacial score (nSPS) is 25.1. The molecule has 1 aliphatic rings. The summed E-state index contributed by atoms with van der Waals surface area (Å²) in [6, 6.07) is 19.9. The van der Waals surface area contributed by atoms with Crippen molar-refractivity contribution < 1.29 is 0 Å². The highest BCUT2D eigenvalue weighted by Crippen LogP contribution is 2.39. The fourth-order valence-corrected chi connectivity index (χ4v) is 4.39. The van der Waals surface area contributed by atoms with Crippen LogP contribution in [-0.2, 0) is 0 Å². The van der Waals surface area contributed by atoms with Crippen LogP contribution < -0.4 is 5.32 Å². The number of fused-ring (bicyclic) bond motifs is 1. The van der Waals surface area contributed by atoms with E-state index in [1.165, 1.54) is 28.9 Å². The van der Waals surface area contributed by atoms with Gasteiger partial charge in [0.25, 0.3) is 0 Å². The average molecular weight is 297 g/mol. The molecule has 0 amide bonds. The van der Waals surface area contributed by atoms with Crippen molar-refractivity contribution in [1.82, 2.24) is 5.32 Å². The third-order valence-electron chi connectivity index (χ3n) is 4.20. The molecule has 0 aliphatic carbocycles. The average Bonchev–Trinajstić information content (AvgIpc) is 2.66. The van der Waals surface area contributed by atoms with Crippen LogP contribution >= 0.6 is 11.8 Å². The summed E-state index contributed by atoms with van der Waals surface area (Å²) in [4.78, 5) is 1.42. The van der Waals surface area contributed by atoms with Gasteiger partial charge in [0.2, 0.25) is 0 Å². The van der Waals surface area contributed by atoms with Crippen LogP contribution in [0, 0.1) is 0 Å². The summed E-state index contributed by atoms with van der Waals surface area (Å²) in [5, 5.41) is 3.94. The Bertz CT molecular complexity index is 596. The predicted molar refractivity (Wildman–Crippen MR) is 91.9 cm³/mol. The van der Waals surface area contributed by atoms with Gasteiger partial charge in [-0.15, -0.1) is 11.8 Å². The molecule has 3 rings (SSSR count). The maximum atomic E-state index is 3.94. The fourth-order valence-electron chi connectivity index (χ4n) is 3.16. The van der Waals surface area contributed by atoms with Crippen LogP contribution in [0.5, 0.6) is 0 Å². The van der Waals surface area contributed by atoms with Gasteiger partial charge in [0.1, 0.15) is 0 Å². The largest absolute Gasteiger partial charge is 0.300 e. The van der Waals surface area contributed by atoms with Gasteiger partial charge in [0.15, 0.2) is 0 Å². The highest BCUT2D eigenvalue weighted by atomic mass is 32.2. The molecule has 0 saturated carbocycles. The summed E-state index contributed by atoms with van der Waals surface area (Å²) in [7, 11) is 0.